The molecule has 0 saturated heterocycles. The lowest BCUT2D eigenvalue weighted by Crippen LogP contribution is -2.30. The van der Waals surface area contributed by atoms with Gasteiger partial charge in [0.2, 0.25) is 15.2 Å². The maximum atomic E-state index is 12.9. The second-order valence-corrected chi connectivity index (χ2v) is 10.2. The fourth-order valence-electron chi connectivity index (χ4n) is 3.47. The van der Waals surface area contributed by atoms with Gasteiger partial charge in [0, 0.05) is 24.4 Å². The summed E-state index contributed by atoms with van der Waals surface area (Å²) in [6, 6.07) is 14.3. The molecule has 0 fully saturated rings. The Kier molecular flexibility index (Phi) is 6.63. The summed E-state index contributed by atoms with van der Waals surface area (Å²) in [6.45, 7) is 6.34. The van der Waals surface area contributed by atoms with E-state index in [0.29, 0.717) is 35.4 Å². The molecule has 0 aliphatic heterocycles. The molecule has 0 saturated carbocycles. The smallest absolute Gasteiger partial charge is 0.243 e. The van der Waals surface area contributed by atoms with Gasteiger partial charge in [-0.2, -0.15) is 4.31 Å². The summed E-state index contributed by atoms with van der Waals surface area (Å²) < 4.78 is 28.6. The van der Waals surface area contributed by atoms with Crippen LogP contribution in [0.1, 0.15) is 25.2 Å². The van der Waals surface area contributed by atoms with E-state index < -0.39 is 10.0 Å². The van der Waals surface area contributed by atoms with E-state index in [2.05, 4.69) is 15.2 Å². The Morgan fingerprint density at radius 3 is 2.39 bits per heavy atom. The van der Waals surface area contributed by atoms with Gasteiger partial charge >= 0.3 is 0 Å². The van der Waals surface area contributed by atoms with Gasteiger partial charge in [-0.05, 0) is 31.2 Å². The molecule has 33 heavy (non-hydrogen) atoms. The molecule has 0 radical (unpaired) electrons. The van der Waals surface area contributed by atoms with Crippen LogP contribution in [-0.2, 0) is 15.8 Å². The normalized spacial score (nSPS) is 12.0. The van der Waals surface area contributed by atoms with E-state index in [1.54, 1.807) is 24.3 Å². The molecule has 0 unspecified atom stereocenters. The number of nitrogens with two attached hydrogens (primary N) is 1. The predicted octanol–water partition coefficient (Wildman–Crippen LogP) is 3.23. The first-order chi connectivity index (χ1) is 15.8. The Morgan fingerprint density at radius 1 is 1.00 bits per heavy atom. The molecule has 0 aliphatic carbocycles. The molecule has 11 heteroatoms. The molecule has 9 nitrogen and oxygen atoms in total. The summed E-state index contributed by atoms with van der Waals surface area (Å²) in [4.78, 5) is 9.51. The third kappa shape index (κ3) is 4.56. The average molecular weight is 484 g/mol. The lowest BCUT2D eigenvalue weighted by Gasteiger charge is -2.18. The van der Waals surface area contributed by atoms with Gasteiger partial charge < -0.3 is 5.84 Å². The van der Waals surface area contributed by atoms with Crippen LogP contribution in [0.25, 0.3) is 22.4 Å². The number of sulfonamides is 1. The third-order valence-corrected chi connectivity index (χ3v) is 8.28. The minimum absolute atomic E-state index is 0.197. The number of nitrogen functional groups attached to an aromatic ring is 1. The van der Waals surface area contributed by atoms with Crippen molar-refractivity contribution in [2.75, 3.05) is 18.9 Å². The summed E-state index contributed by atoms with van der Waals surface area (Å²) in [5.41, 5.74) is 3.95. The second kappa shape index (κ2) is 9.46. The van der Waals surface area contributed by atoms with Crippen LogP contribution >= 0.6 is 11.8 Å². The van der Waals surface area contributed by atoms with E-state index >= 15 is 0 Å². The molecule has 2 heterocycles. The molecule has 0 amide bonds. The van der Waals surface area contributed by atoms with Crippen molar-refractivity contribution in [3.8, 4) is 11.4 Å². The summed E-state index contributed by atoms with van der Waals surface area (Å²) in [6.07, 6.45) is 0. The lowest BCUT2D eigenvalue weighted by molar-refractivity contribution is 0.445. The minimum Gasteiger partial charge on any atom is -0.335 e. The molecule has 4 aromatic rings. The fraction of sp³-hybridized carbons (Fsp3) is 0.273. The highest BCUT2D eigenvalue weighted by atomic mass is 32.2. The van der Waals surface area contributed by atoms with E-state index in [1.165, 1.54) is 20.7 Å². The summed E-state index contributed by atoms with van der Waals surface area (Å²) in [5, 5.41) is 8.90. The Labute approximate surface area is 197 Å². The van der Waals surface area contributed by atoms with Gasteiger partial charge in [-0.3, -0.25) is 0 Å². The summed E-state index contributed by atoms with van der Waals surface area (Å²) >= 11 is 1.40. The first-order valence-corrected chi connectivity index (χ1v) is 12.9. The van der Waals surface area contributed by atoms with Crippen LogP contribution in [0.5, 0.6) is 0 Å². The molecule has 172 valence electrons. The zero-order valence-electron chi connectivity index (χ0n) is 18.6. The number of benzene rings is 2. The van der Waals surface area contributed by atoms with E-state index in [-0.39, 0.29) is 4.90 Å². The third-order valence-electron chi connectivity index (χ3n) is 5.28. The molecule has 0 spiro atoms. The topological polar surface area (TPSA) is 120 Å². The maximum absolute atomic E-state index is 12.9. The number of nitrogens with zero attached hydrogens (tertiary/aromatic N) is 6. The highest BCUT2D eigenvalue weighted by molar-refractivity contribution is 7.98. The molecule has 2 N–H and O–H groups in total. The predicted molar refractivity (Wildman–Crippen MR) is 130 cm³/mol. The molecule has 2 aromatic carbocycles. The number of fused-ring (bicyclic) bond motifs is 1. The number of aromatic nitrogens is 5. The first-order valence-electron chi connectivity index (χ1n) is 10.5. The number of rotatable bonds is 8. The van der Waals surface area contributed by atoms with Crippen molar-refractivity contribution in [1.29, 1.82) is 0 Å². The number of hydrogen-bond donors (Lipinski definition) is 1. The van der Waals surface area contributed by atoms with Gasteiger partial charge in [-0.15, -0.1) is 10.2 Å². The first kappa shape index (κ1) is 23.1. The van der Waals surface area contributed by atoms with Crippen molar-refractivity contribution >= 4 is 32.8 Å². The number of hydrogen-bond acceptors (Lipinski definition) is 8. The highest BCUT2D eigenvalue weighted by Crippen LogP contribution is 2.27. The fourth-order valence-corrected chi connectivity index (χ4v) is 5.84. The molecule has 0 atom stereocenters. The van der Waals surface area contributed by atoms with Crippen molar-refractivity contribution in [3.05, 3.63) is 59.9 Å². The van der Waals surface area contributed by atoms with Crippen LogP contribution in [0.3, 0.4) is 0 Å². The minimum atomic E-state index is -3.59. The van der Waals surface area contributed by atoms with E-state index in [9.17, 15) is 8.42 Å². The van der Waals surface area contributed by atoms with Crippen molar-refractivity contribution in [3.63, 3.8) is 0 Å². The van der Waals surface area contributed by atoms with Gasteiger partial charge in [-0.25, -0.2) is 23.1 Å². The Hall–Kier alpha value is -3.02. The van der Waals surface area contributed by atoms with Crippen molar-refractivity contribution in [2.45, 2.75) is 36.6 Å². The van der Waals surface area contributed by atoms with Crippen molar-refractivity contribution in [2.24, 2.45) is 0 Å². The largest absolute Gasteiger partial charge is 0.335 e. The molecule has 2 aromatic heterocycles. The Bertz CT molecular complexity index is 1400. The van der Waals surface area contributed by atoms with Gasteiger partial charge in [0.1, 0.15) is 0 Å². The Morgan fingerprint density at radius 2 is 1.70 bits per heavy atom. The van der Waals surface area contributed by atoms with Crippen LogP contribution in [0.2, 0.25) is 0 Å². The molecular formula is C22H25N7O2S2. The van der Waals surface area contributed by atoms with Gasteiger partial charge in [0.15, 0.2) is 5.82 Å². The highest BCUT2D eigenvalue weighted by Gasteiger charge is 2.23. The SMILES string of the molecule is CCN(CC)S(=O)(=O)c1cccc(-c2nnc(SCc3nc4ccccc4nc3C)n2N)c1. The van der Waals surface area contributed by atoms with Crippen LogP contribution < -0.4 is 5.84 Å². The van der Waals surface area contributed by atoms with Crippen molar-refractivity contribution in [1.82, 2.24) is 29.1 Å². The van der Waals surface area contributed by atoms with Gasteiger partial charge in [0.25, 0.3) is 0 Å². The average Bonchev–Trinajstić information content (AvgIpc) is 3.18. The van der Waals surface area contributed by atoms with Gasteiger partial charge in [0.05, 0.1) is 27.3 Å². The van der Waals surface area contributed by atoms with E-state index in [1.807, 2.05) is 45.0 Å². The van der Waals surface area contributed by atoms with E-state index in [4.69, 9.17) is 10.8 Å². The van der Waals surface area contributed by atoms with E-state index in [0.717, 1.165) is 22.4 Å². The zero-order chi connectivity index (χ0) is 23.6. The number of aryl methyl sites for hydroxylation is 1. The second-order valence-electron chi connectivity index (χ2n) is 7.33. The lowest BCUT2D eigenvalue weighted by atomic mass is 10.2. The van der Waals surface area contributed by atoms with Crippen LogP contribution in [-0.4, -0.2) is 50.7 Å². The zero-order valence-corrected chi connectivity index (χ0v) is 20.3. The maximum Gasteiger partial charge on any atom is 0.243 e. The molecule has 4 rings (SSSR count). The monoisotopic (exact) mass is 483 g/mol. The van der Waals surface area contributed by atoms with Crippen LogP contribution in [0.4, 0.5) is 0 Å². The number of thioether (sulfide) groups is 1. The Balaban J connectivity index is 1.58. The molecular weight excluding hydrogens is 458 g/mol. The van der Waals surface area contributed by atoms with Crippen molar-refractivity contribution < 1.29 is 8.42 Å². The standard InChI is InChI=1S/C22H25N7O2S2/c1-4-28(5-2)33(30,31)17-10-8-9-16(13-17)21-26-27-22(29(21)23)32-14-20-15(3)24-18-11-6-7-12-19(18)25-20/h6-13H,4-5,14,23H2,1-3H3. The summed E-state index contributed by atoms with van der Waals surface area (Å²) in [7, 11) is -3.59. The molecule has 0 bridgehead atoms. The molecule has 0 aliphatic rings. The number of para-hydroxylation sites is 2. The van der Waals surface area contributed by atoms with Crippen LogP contribution in [0, 0.1) is 6.92 Å². The van der Waals surface area contributed by atoms with Gasteiger partial charge in [-0.1, -0.05) is 49.9 Å². The quantitative estimate of drug-likeness (QED) is 0.300. The van der Waals surface area contributed by atoms with Crippen LogP contribution in [0.15, 0.2) is 58.6 Å². The summed E-state index contributed by atoms with van der Waals surface area (Å²) in [5.74, 6) is 7.18.